The molecule has 0 radical (unpaired) electrons. The largest absolute Gasteiger partial charge is 0.497 e. The van der Waals surface area contributed by atoms with Gasteiger partial charge in [0.2, 0.25) is 5.91 Å². The van der Waals surface area contributed by atoms with Gasteiger partial charge in [0.15, 0.2) is 0 Å². The van der Waals surface area contributed by atoms with Crippen LogP contribution in [0.4, 0.5) is 5.69 Å². The summed E-state index contributed by atoms with van der Waals surface area (Å²) >= 11 is 5.87. The van der Waals surface area contributed by atoms with Gasteiger partial charge >= 0.3 is 0 Å². The van der Waals surface area contributed by atoms with E-state index in [1.54, 1.807) is 13.2 Å². The van der Waals surface area contributed by atoms with E-state index in [4.69, 9.17) is 16.3 Å². The van der Waals surface area contributed by atoms with Crippen LogP contribution in [0.3, 0.4) is 0 Å². The monoisotopic (exact) mass is 356 g/mol. The number of nitrogens with zero attached hydrogens (tertiary/aromatic N) is 2. The van der Waals surface area contributed by atoms with Crippen LogP contribution in [-0.2, 0) is 4.79 Å². The highest BCUT2D eigenvalue weighted by atomic mass is 35.5. The minimum absolute atomic E-state index is 0.0419. The van der Waals surface area contributed by atoms with Crippen LogP contribution < -0.4 is 9.64 Å². The summed E-state index contributed by atoms with van der Waals surface area (Å²) in [6.45, 7) is 3.05. The number of carbonyl (C=O) groups is 1. The van der Waals surface area contributed by atoms with Crippen molar-refractivity contribution in [3.63, 3.8) is 0 Å². The van der Waals surface area contributed by atoms with Crippen LogP contribution in [0.5, 0.6) is 5.75 Å². The molecule has 1 aliphatic heterocycles. The second-order valence-electron chi connectivity index (χ2n) is 5.90. The first kappa shape index (κ1) is 17.4. The van der Waals surface area contributed by atoms with E-state index in [2.05, 4.69) is 11.0 Å². The number of carbonyl (C=O) groups excluding carboxylic acids is 1. The minimum atomic E-state index is 0.0419. The lowest BCUT2D eigenvalue weighted by Gasteiger charge is -2.35. The number of hydrogen-bond acceptors (Lipinski definition) is 3. The van der Waals surface area contributed by atoms with Crippen LogP contribution in [0.1, 0.15) is 5.56 Å². The molecular formula is C20H21ClN2O2. The van der Waals surface area contributed by atoms with Gasteiger partial charge < -0.3 is 14.5 Å². The van der Waals surface area contributed by atoms with E-state index in [1.807, 2.05) is 53.4 Å². The van der Waals surface area contributed by atoms with E-state index in [9.17, 15) is 4.79 Å². The summed E-state index contributed by atoms with van der Waals surface area (Å²) in [6.07, 6.45) is 3.46. The summed E-state index contributed by atoms with van der Waals surface area (Å²) in [6, 6.07) is 15.4. The zero-order valence-electron chi connectivity index (χ0n) is 14.2. The quantitative estimate of drug-likeness (QED) is 0.783. The second-order valence-corrected chi connectivity index (χ2v) is 6.34. The zero-order valence-corrected chi connectivity index (χ0v) is 14.9. The van der Waals surface area contributed by atoms with Gasteiger partial charge in [0.05, 0.1) is 7.11 Å². The molecule has 1 fully saturated rings. The van der Waals surface area contributed by atoms with Crippen molar-refractivity contribution in [2.75, 3.05) is 38.2 Å². The number of benzene rings is 2. The van der Waals surface area contributed by atoms with E-state index in [0.29, 0.717) is 18.1 Å². The predicted octanol–water partition coefficient (Wildman–Crippen LogP) is 3.71. The van der Waals surface area contributed by atoms with Gasteiger partial charge in [-0.3, -0.25) is 4.79 Å². The van der Waals surface area contributed by atoms with Crippen LogP contribution in [0.25, 0.3) is 6.08 Å². The Morgan fingerprint density at radius 2 is 1.80 bits per heavy atom. The number of halogens is 1. The Morgan fingerprint density at radius 3 is 2.48 bits per heavy atom. The van der Waals surface area contributed by atoms with Gasteiger partial charge in [-0.25, -0.2) is 0 Å². The minimum Gasteiger partial charge on any atom is -0.497 e. The maximum atomic E-state index is 12.4. The van der Waals surface area contributed by atoms with Crippen LogP contribution in [0, 0.1) is 0 Å². The van der Waals surface area contributed by atoms with Crippen molar-refractivity contribution in [1.82, 2.24) is 4.90 Å². The van der Waals surface area contributed by atoms with Crippen molar-refractivity contribution < 1.29 is 9.53 Å². The normalized spacial score (nSPS) is 14.8. The zero-order chi connectivity index (χ0) is 17.6. The molecule has 0 aliphatic carbocycles. The molecule has 25 heavy (non-hydrogen) atoms. The van der Waals surface area contributed by atoms with E-state index in [1.165, 1.54) is 0 Å². The number of amides is 1. The first-order valence-corrected chi connectivity index (χ1v) is 8.65. The van der Waals surface area contributed by atoms with Gasteiger partial charge in [-0.2, -0.15) is 0 Å². The van der Waals surface area contributed by atoms with Crippen molar-refractivity contribution in [3.05, 3.63) is 65.2 Å². The summed E-state index contributed by atoms with van der Waals surface area (Å²) in [5, 5.41) is 0.692. The number of ether oxygens (including phenoxy) is 1. The van der Waals surface area contributed by atoms with Crippen LogP contribution in [-0.4, -0.2) is 44.1 Å². The average molecular weight is 357 g/mol. The Bertz CT molecular complexity index is 751. The Morgan fingerprint density at radius 1 is 1.08 bits per heavy atom. The Hall–Kier alpha value is -2.46. The van der Waals surface area contributed by atoms with E-state index < -0.39 is 0 Å². The molecule has 1 amide bonds. The fourth-order valence-electron chi connectivity index (χ4n) is 2.84. The van der Waals surface area contributed by atoms with Crippen LogP contribution >= 0.6 is 11.6 Å². The molecule has 3 rings (SSSR count). The van der Waals surface area contributed by atoms with Gasteiger partial charge in [-0.15, -0.1) is 0 Å². The first-order valence-electron chi connectivity index (χ1n) is 8.27. The molecule has 0 saturated carbocycles. The fourth-order valence-corrected chi connectivity index (χ4v) is 2.97. The first-order chi connectivity index (χ1) is 12.2. The molecule has 0 spiro atoms. The molecule has 5 heteroatoms. The fraction of sp³-hybridized carbons (Fsp3) is 0.250. The van der Waals surface area contributed by atoms with E-state index >= 15 is 0 Å². The van der Waals surface area contributed by atoms with Gasteiger partial charge in [0.25, 0.3) is 0 Å². The molecule has 0 aromatic heterocycles. The van der Waals surface area contributed by atoms with Gasteiger partial charge in [0.1, 0.15) is 5.75 Å². The average Bonchev–Trinajstić information content (AvgIpc) is 2.67. The summed E-state index contributed by atoms with van der Waals surface area (Å²) in [7, 11) is 1.67. The number of anilines is 1. The molecule has 0 atom stereocenters. The molecule has 1 heterocycles. The molecular weight excluding hydrogens is 336 g/mol. The van der Waals surface area contributed by atoms with Gasteiger partial charge in [0, 0.05) is 49.0 Å². The lowest BCUT2D eigenvalue weighted by molar-refractivity contribution is -0.126. The molecule has 2 aromatic rings. The molecule has 0 bridgehead atoms. The summed E-state index contributed by atoms with van der Waals surface area (Å²) in [5.41, 5.74) is 2.09. The van der Waals surface area contributed by atoms with E-state index in [0.717, 1.165) is 30.1 Å². The van der Waals surface area contributed by atoms with Gasteiger partial charge in [-0.05, 0) is 35.9 Å². The number of rotatable bonds is 4. The Kier molecular flexibility index (Phi) is 5.61. The lowest BCUT2D eigenvalue weighted by atomic mass is 10.2. The molecule has 0 unspecified atom stereocenters. The molecule has 130 valence electrons. The number of methoxy groups -OCH3 is 1. The highest BCUT2D eigenvalue weighted by Crippen LogP contribution is 2.22. The standard InChI is InChI=1S/C20H21ClN2O2/c1-25-19-4-2-3-18(15-19)22-11-13-23(14-12-22)20(24)10-7-16-5-8-17(21)9-6-16/h2-10,15H,11-14H2,1H3/b10-7+. The predicted molar refractivity (Wildman–Crippen MR) is 102 cm³/mol. The smallest absolute Gasteiger partial charge is 0.246 e. The second kappa shape index (κ2) is 8.08. The third kappa shape index (κ3) is 4.54. The third-order valence-corrected chi connectivity index (χ3v) is 4.55. The number of piperazine rings is 1. The molecule has 0 N–H and O–H groups in total. The summed E-state index contributed by atoms with van der Waals surface area (Å²) in [4.78, 5) is 16.5. The molecule has 2 aromatic carbocycles. The maximum Gasteiger partial charge on any atom is 0.246 e. The maximum absolute atomic E-state index is 12.4. The van der Waals surface area contributed by atoms with Crippen LogP contribution in [0.15, 0.2) is 54.6 Å². The van der Waals surface area contributed by atoms with E-state index in [-0.39, 0.29) is 5.91 Å². The van der Waals surface area contributed by atoms with Crippen molar-refractivity contribution in [3.8, 4) is 5.75 Å². The summed E-state index contributed by atoms with van der Waals surface area (Å²) in [5.74, 6) is 0.891. The topological polar surface area (TPSA) is 32.8 Å². The number of hydrogen-bond donors (Lipinski definition) is 0. The van der Waals surface area contributed by atoms with Crippen molar-refractivity contribution in [2.24, 2.45) is 0 Å². The van der Waals surface area contributed by atoms with Crippen LogP contribution in [0.2, 0.25) is 5.02 Å². The van der Waals surface area contributed by atoms with Crippen molar-refractivity contribution >= 4 is 29.3 Å². The van der Waals surface area contributed by atoms with Crippen molar-refractivity contribution in [2.45, 2.75) is 0 Å². The Labute approximate surface area is 153 Å². The highest BCUT2D eigenvalue weighted by molar-refractivity contribution is 6.30. The Balaban J connectivity index is 1.56. The van der Waals surface area contributed by atoms with Gasteiger partial charge in [-0.1, -0.05) is 29.8 Å². The summed E-state index contributed by atoms with van der Waals surface area (Å²) < 4.78 is 5.28. The highest BCUT2D eigenvalue weighted by Gasteiger charge is 2.20. The SMILES string of the molecule is COc1cccc(N2CCN(C(=O)/C=C/c3ccc(Cl)cc3)CC2)c1. The molecule has 1 aliphatic rings. The lowest BCUT2D eigenvalue weighted by Crippen LogP contribution is -2.48. The molecule has 4 nitrogen and oxygen atoms in total. The molecule has 1 saturated heterocycles. The third-order valence-electron chi connectivity index (χ3n) is 4.30. The van der Waals surface area contributed by atoms with Crippen molar-refractivity contribution in [1.29, 1.82) is 0 Å².